The molecule has 112 valence electrons. The van der Waals surface area contributed by atoms with Crippen LogP contribution in [0.25, 0.3) is 0 Å². The third-order valence-electron chi connectivity index (χ3n) is 3.52. The minimum Gasteiger partial charge on any atom is -0.310 e. The van der Waals surface area contributed by atoms with E-state index in [0.717, 1.165) is 35.0 Å². The summed E-state index contributed by atoms with van der Waals surface area (Å²) in [6.07, 6.45) is 1.82. The molecule has 0 aliphatic rings. The fourth-order valence-corrected chi connectivity index (χ4v) is 2.66. The molecule has 3 heteroatoms. The molecule has 0 aliphatic heterocycles. The van der Waals surface area contributed by atoms with Crippen molar-refractivity contribution in [2.75, 3.05) is 6.54 Å². The summed E-state index contributed by atoms with van der Waals surface area (Å²) in [6.45, 7) is 5.00. The van der Waals surface area contributed by atoms with Gasteiger partial charge < -0.3 is 5.32 Å². The Balaban J connectivity index is 2.25. The first-order chi connectivity index (χ1) is 10.1. The molecular weight excluding hydrogens is 329 g/mol. The van der Waals surface area contributed by atoms with Gasteiger partial charge in [-0.1, -0.05) is 52.7 Å². The predicted octanol–water partition coefficient (Wildman–Crippen LogP) is 5.18. The van der Waals surface area contributed by atoms with E-state index in [2.05, 4.69) is 40.3 Å². The summed E-state index contributed by atoms with van der Waals surface area (Å²) < 4.78 is 15.2. The summed E-state index contributed by atoms with van der Waals surface area (Å²) in [4.78, 5) is 0. The molecule has 0 spiro atoms. The Morgan fingerprint density at radius 1 is 1.14 bits per heavy atom. The Hall–Kier alpha value is -1.19. The van der Waals surface area contributed by atoms with Gasteiger partial charge in [-0.05, 0) is 50.1 Å². The summed E-state index contributed by atoms with van der Waals surface area (Å²) in [6, 6.07) is 13.5. The van der Waals surface area contributed by atoms with Crippen LogP contribution in [-0.4, -0.2) is 6.54 Å². The molecule has 0 amide bonds. The highest BCUT2D eigenvalue weighted by molar-refractivity contribution is 9.10. The number of rotatable bonds is 6. The number of aryl methyl sites for hydroxylation is 1. The lowest BCUT2D eigenvalue weighted by Gasteiger charge is -2.20. The van der Waals surface area contributed by atoms with Crippen LogP contribution in [0.3, 0.4) is 0 Å². The van der Waals surface area contributed by atoms with E-state index in [1.165, 1.54) is 5.56 Å². The van der Waals surface area contributed by atoms with Crippen molar-refractivity contribution in [3.05, 3.63) is 69.4 Å². The van der Waals surface area contributed by atoms with Crippen molar-refractivity contribution in [1.82, 2.24) is 5.32 Å². The Kier molecular flexibility index (Phi) is 5.95. The van der Waals surface area contributed by atoms with Gasteiger partial charge in [0.15, 0.2) is 0 Å². The molecule has 0 aliphatic carbocycles. The maximum Gasteiger partial charge on any atom is 0.128 e. The standard InChI is InChI=1S/C18H21BrFN/c1-3-10-21-18(12-14-5-7-15(19)8-6-14)16-11-13(2)4-9-17(16)20/h4-9,11,18,21H,3,10,12H2,1-2H3. The van der Waals surface area contributed by atoms with Crippen molar-refractivity contribution >= 4 is 15.9 Å². The minimum absolute atomic E-state index is 0.00558. The van der Waals surface area contributed by atoms with Gasteiger partial charge in [0.1, 0.15) is 5.82 Å². The van der Waals surface area contributed by atoms with E-state index in [9.17, 15) is 4.39 Å². The molecule has 0 saturated carbocycles. The van der Waals surface area contributed by atoms with Crippen molar-refractivity contribution in [1.29, 1.82) is 0 Å². The number of hydrogen-bond donors (Lipinski definition) is 1. The first-order valence-corrected chi connectivity index (χ1v) is 8.13. The van der Waals surface area contributed by atoms with E-state index in [1.807, 2.05) is 31.2 Å². The number of benzene rings is 2. The van der Waals surface area contributed by atoms with Gasteiger partial charge in [0, 0.05) is 16.1 Å². The maximum absolute atomic E-state index is 14.2. The van der Waals surface area contributed by atoms with Crippen molar-refractivity contribution in [2.45, 2.75) is 32.7 Å². The van der Waals surface area contributed by atoms with Gasteiger partial charge in [0.25, 0.3) is 0 Å². The Morgan fingerprint density at radius 2 is 1.86 bits per heavy atom. The molecule has 1 N–H and O–H groups in total. The molecule has 0 fully saturated rings. The molecule has 0 aromatic heterocycles. The van der Waals surface area contributed by atoms with Gasteiger partial charge in [-0.25, -0.2) is 4.39 Å². The second-order valence-corrected chi connectivity index (χ2v) is 6.28. The van der Waals surface area contributed by atoms with Crippen LogP contribution in [-0.2, 0) is 6.42 Å². The van der Waals surface area contributed by atoms with Crippen LogP contribution in [0.15, 0.2) is 46.9 Å². The lowest BCUT2D eigenvalue weighted by atomic mass is 9.97. The topological polar surface area (TPSA) is 12.0 Å². The third-order valence-corrected chi connectivity index (χ3v) is 4.05. The van der Waals surface area contributed by atoms with Crippen molar-refractivity contribution in [2.24, 2.45) is 0 Å². The molecule has 0 heterocycles. The van der Waals surface area contributed by atoms with Crippen LogP contribution in [0.4, 0.5) is 4.39 Å². The lowest BCUT2D eigenvalue weighted by molar-refractivity contribution is 0.496. The number of hydrogen-bond acceptors (Lipinski definition) is 1. The first kappa shape index (κ1) is 16.2. The third kappa shape index (κ3) is 4.65. The summed E-state index contributed by atoms with van der Waals surface area (Å²) in [7, 11) is 0. The summed E-state index contributed by atoms with van der Waals surface area (Å²) in [5.74, 6) is -0.133. The zero-order valence-corrected chi connectivity index (χ0v) is 14.1. The van der Waals surface area contributed by atoms with E-state index in [0.29, 0.717) is 0 Å². The van der Waals surface area contributed by atoms with Crippen LogP contribution < -0.4 is 5.32 Å². The molecule has 0 radical (unpaired) electrons. The average Bonchev–Trinajstić information content (AvgIpc) is 2.48. The SMILES string of the molecule is CCCNC(Cc1ccc(Br)cc1)c1cc(C)ccc1F. The van der Waals surface area contributed by atoms with Crippen LogP contribution >= 0.6 is 15.9 Å². The largest absolute Gasteiger partial charge is 0.310 e. The molecule has 2 rings (SSSR count). The Labute approximate surface area is 134 Å². The lowest BCUT2D eigenvalue weighted by Crippen LogP contribution is -2.25. The van der Waals surface area contributed by atoms with E-state index < -0.39 is 0 Å². The van der Waals surface area contributed by atoms with E-state index >= 15 is 0 Å². The smallest absolute Gasteiger partial charge is 0.128 e. The number of nitrogens with one attached hydrogen (secondary N) is 1. The second-order valence-electron chi connectivity index (χ2n) is 5.36. The molecule has 2 aromatic carbocycles. The van der Waals surface area contributed by atoms with Gasteiger partial charge in [0.05, 0.1) is 0 Å². The van der Waals surface area contributed by atoms with Crippen LogP contribution in [0.1, 0.15) is 36.1 Å². The van der Waals surface area contributed by atoms with Gasteiger partial charge in [-0.2, -0.15) is 0 Å². The summed E-state index contributed by atoms with van der Waals surface area (Å²) in [5.41, 5.74) is 3.05. The summed E-state index contributed by atoms with van der Waals surface area (Å²) in [5, 5.41) is 3.47. The second kappa shape index (κ2) is 7.71. The molecule has 1 unspecified atom stereocenters. The van der Waals surface area contributed by atoms with Crippen LogP contribution in [0, 0.1) is 12.7 Å². The Morgan fingerprint density at radius 3 is 2.52 bits per heavy atom. The quantitative estimate of drug-likeness (QED) is 0.757. The predicted molar refractivity (Wildman–Crippen MR) is 90.0 cm³/mol. The fraction of sp³-hybridized carbons (Fsp3) is 0.333. The fourth-order valence-electron chi connectivity index (χ4n) is 2.40. The normalized spacial score (nSPS) is 12.4. The van der Waals surface area contributed by atoms with Crippen LogP contribution in [0.5, 0.6) is 0 Å². The Bertz CT molecular complexity index is 580. The van der Waals surface area contributed by atoms with Gasteiger partial charge in [0.2, 0.25) is 0 Å². The zero-order chi connectivity index (χ0) is 15.2. The first-order valence-electron chi connectivity index (χ1n) is 7.34. The highest BCUT2D eigenvalue weighted by atomic mass is 79.9. The summed E-state index contributed by atoms with van der Waals surface area (Å²) >= 11 is 3.44. The van der Waals surface area contributed by atoms with Crippen molar-refractivity contribution in [3.63, 3.8) is 0 Å². The minimum atomic E-state index is -0.133. The zero-order valence-electron chi connectivity index (χ0n) is 12.5. The van der Waals surface area contributed by atoms with Gasteiger partial charge in [-0.15, -0.1) is 0 Å². The highest BCUT2D eigenvalue weighted by Crippen LogP contribution is 2.23. The van der Waals surface area contributed by atoms with Gasteiger partial charge in [-0.3, -0.25) is 0 Å². The molecular formula is C18H21BrFN. The van der Waals surface area contributed by atoms with Crippen molar-refractivity contribution < 1.29 is 4.39 Å². The van der Waals surface area contributed by atoms with E-state index in [-0.39, 0.29) is 11.9 Å². The highest BCUT2D eigenvalue weighted by Gasteiger charge is 2.16. The maximum atomic E-state index is 14.2. The molecule has 0 bridgehead atoms. The van der Waals surface area contributed by atoms with Crippen LogP contribution in [0.2, 0.25) is 0 Å². The molecule has 1 nitrogen and oxygen atoms in total. The molecule has 1 atom stereocenters. The molecule has 0 saturated heterocycles. The molecule has 21 heavy (non-hydrogen) atoms. The van der Waals surface area contributed by atoms with Crippen molar-refractivity contribution in [3.8, 4) is 0 Å². The average molecular weight is 350 g/mol. The van der Waals surface area contributed by atoms with E-state index in [4.69, 9.17) is 0 Å². The monoisotopic (exact) mass is 349 g/mol. The van der Waals surface area contributed by atoms with E-state index in [1.54, 1.807) is 6.07 Å². The van der Waals surface area contributed by atoms with Gasteiger partial charge >= 0.3 is 0 Å². The number of halogens is 2. The molecule has 2 aromatic rings.